The van der Waals surface area contributed by atoms with E-state index in [2.05, 4.69) is 24.1 Å². The van der Waals surface area contributed by atoms with Gasteiger partial charge in [0.15, 0.2) is 0 Å². The average Bonchev–Trinajstić information content (AvgIpc) is 2.01. The van der Waals surface area contributed by atoms with E-state index in [1.54, 1.807) is 0 Å². The molecule has 1 aliphatic rings. The maximum Gasteiger partial charge on any atom is 0.234 e. The van der Waals surface area contributed by atoms with Crippen molar-refractivity contribution in [1.29, 1.82) is 0 Å². The number of carbonyl (C=O) groups is 1. The van der Waals surface area contributed by atoms with Gasteiger partial charge in [0.05, 0.1) is 6.54 Å². The zero-order chi connectivity index (χ0) is 10.7. The maximum atomic E-state index is 11.5. The van der Waals surface area contributed by atoms with Crippen LogP contribution in [-0.2, 0) is 4.79 Å². The fourth-order valence-electron chi connectivity index (χ4n) is 1.41. The van der Waals surface area contributed by atoms with Crippen LogP contribution < -0.4 is 11.1 Å². The molecule has 0 aromatic carbocycles. The molecular formula is C10H21N3O. The van der Waals surface area contributed by atoms with Gasteiger partial charge in [-0.3, -0.25) is 9.69 Å². The molecule has 1 atom stereocenters. The number of amides is 1. The van der Waals surface area contributed by atoms with E-state index in [0.29, 0.717) is 12.5 Å². The maximum absolute atomic E-state index is 11.5. The normalized spacial score (nSPS) is 20.6. The fraction of sp³-hybridized carbons (Fsp3) is 0.900. The van der Waals surface area contributed by atoms with E-state index in [0.717, 1.165) is 13.1 Å². The lowest BCUT2D eigenvalue weighted by molar-refractivity contribution is -0.124. The highest BCUT2D eigenvalue weighted by molar-refractivity contribution is 5.78. The summed E-state index contributed by atoms with van der Waals surface area (Å²) in [6.07, 6.45) is 0. The first kappa shape index (κ1) is 11.5. The molecule has 0 aromatic heterocycles. The van der Waals surface area contributed by atoms with Crippen molar-refractivity contribution in [3.05, 3.63) is 0 Å². The second-order valence-electron chi connectivity index (χ2n) is 4.55. The van der Waals surface area contributed by atoms with Crippen LogP contribution in [-0.4, -0.2) is 42.5 Å². The van der Waals surface area contributed by atoms with Gasteiger partial charge in [-0.2, -0.15) is 0 Å². The number of hydrogen-bond donors (Lipinski definition) is 2. The molecule has 0 spiro atoms. The molecule has 82 valence electrons. The van der Waals surface area contributed by atoms with Gasteiger partial charge in [0.1, 0.15) is 0 Å². The molecular weight excluding hydrogens is 178 g/mol. The standard InChI is InChI=1S/C10H21N3O/c1-7(2)8(3)12-10(14)6-13-4-9(11)5-13/h7-9H,4-6,11H2,1-3H3,(H,12,14). The van der Waals surface area contributed by atoms with Crippen molar-refractivity contribution < 1.29 is 4.79 Å². The summed E-state index contributed by atoms with van der Waals surface area (Å²) < 4.78 is 0. The van der Waals surface area contributed by atoms with Crippen LogP contribution in [0.1, 0.15) is 20.8 Å². The average molecular weight is 199 g/mol. The summed E-state index contributed by atoms with van der Waals surface area (Å²) in [5.41, 5.74) is 5.62. The van der Waals surface area contributed by atoms with Crippen LogP contribution in [0.3, 0.4) is 0 Å². The Balaban J connectivity index is 2.16. The molecule has 4 nitrogen and oxygen atoms in total. The van der Waals surface area contributed by atoms with Gasteiger partial charge in [0.2, 0.25) is 5.91 Å². The molecule has 1 heterocycles. The summed E-state index contributed by atoms with van der Waals surface area (Å²) in [4.78, 5) is 13.5. The van der Waals surface area contributed by atoms with Crippen molar-refractivity contribution in [2.75, 3.05) is 19.6 Å². The van der Waals surface area contributed by atoms with Crippen molar-refractivity contribution in [2.45, 2.75) is 32.9 Å². The summed E-state index contributed by atoms with van der Waals surface area (Å²) in [6.45, 7) is 8.43. The van der Waals surface area contributed by atoms with Gasteiger partial charge in [-0.15, -0.1) is 0 Å². The number of hydrogen-bond acceptors (Lipinski definition) is 3. The van der Waals surface area contributed by atoms with Crippen molar-refractivity contribution >= 4 is 5.91 Å². The Morgan fingerprint density at radius 3 is 2.50 bits per heavy atom. The zero-order valence-corrected chi connectivity index (χ0v) is 9.29. The second-order valence-corrected chi connectivity index (χ2v) is 4.55. The second kappa shape index (κ2) is 4.75. The number of nitrogens with one attached hydrogen (secondary N) is 1. The highest BCUT2D eigenvalue weighted by atomic mass is 16.2. The summed E-state index contributed by atoms with van der Waals surface area (Å²) in [5, 5.41) is 2.97. The fourth-order valence-corrected chi connectivity index (χ4v) is 1.41. The molecule has 3 N–H and O–H groups in total. The molecule has 1 aliphatic heterocycles. The minimum atomic E-state index is 0.109. The molecule has 0 bridgehead atoms. The Morgan fingerprint density at radius 1 is 1.50 bits per heavy atom. The van der Waals surface area contributed by atoms with E-state index >= 15 is 0 Å². The van der Waals surface area contributed by atoms with Gasteiger partial charge in [-0.25, -0.2) is 0 Å². The number of carbonyl (C=O) groups excluding carboxylic acids is 1. The van der Waals surface area contributed by atoms with Gasteiger partial charge in [0, 0.05) is 25.2 Å². The lowest BCUT2D eigenvalue weighted by atomic mass is 10.1. The molecule has 14 heavy (non-hydrogen) atoms. The van der Waals surface area contributed by atoms with E-state index in [4.69, 9.17) is 5.73 Å². The van der Waals surface area contributed by atoms with E-state index in [9.17, 15) is 4.79 Å². The lowest BCUT2D eigenvalue weighted by Gasteiger charge is -2.36. The number of likely N-dealkylation sites (tertiary alicyclic amines) is 1. The Kier molecular flexibility index (Phi) is 3.89. The zero-order valence-electron chi connectivity index (χ0n) is 9.29. The van der Waals surface area contributed by atoms with Crippen LogP contribution in [0.5, 0.6) is 0 Å². The molecule has 4 heteroatoms. The predicted octanol–water partition coefficient (Wildman–Crippen LogP) is -0.210. The Morgan fingerprint density at radius 2 is 2.07 bits per heavy atom. The topological polar surface area (TPSA) is 58.4 Å². The predicted molar refractivity (Wildman–Crippen MR) is 56.9 cm³/mol. The Labute approximate surface area is 85.8 Å². The number of rotatable bonds is 4. The number of nitrogens with two attached hydrogens (primary N) is 1. The van der Waals surface area contributed by atoms with Crippen LogP contribution in [0.25, 0.3) is 0 Å². The van der Waals surface area contributed by atoms with Gasteiger partial charge < -0.3 is 11.1 Å². The SMILES string of the molecule is CC(C)C(C)NC(=O)CN1CC(N)C1. The molecule has 1 rings (SSSR count). The summed E-state index contributed by atoms with van der Waals surface area (Å²) in [5.74, 6) is 0.593. The molecule has 0 aliphatic carbocycles. The van der Waals surface area contributed by atoms with Crippen LogP contribution in [0, 0.1) is 5.92 Å². The van der Waals surface area contributed by atoms with Crippen LogP contribution in [0.4, 0.5) is 0 Å². The molecule has 0 saturated carbocycles. The largest absolute Gasteiger partial charge is 0.352 e. The van der Waals surface area contributed by atoms with Gasteiger partial charge in [-0.1, -0.05) is 13.8 Å². The lowest BCUT2D eigenvalue weighted by Crippen LogP contribution is -2.58. The van der Waals surface area contributed by atoms with Crippen molar-refractivity contribution in [3.8, 4) is 0 Å². The van der Waals surface area contributed by atoms with Gasteiger partial charge >= 0.3 is 0 Å². The van der Waals surface area contributed by atoms with Crippen molar-refractivity contribution in [3.63, 3.8) is 0 Å². The first-order valence-corrected chi connectivity index (χ1v) is 5.26. The third kappa shape index (κ3) is 3.27. The number of nitrogens with zero attached hydrogens (tertiary/aromatic N) is 1. The minimum Gasteiger partial charge on any atom is -0.352 e. The molecule has 1 saturated heterocycles. The third-order valence-corrected chi connectivity index (χ3v) is 2.74. The van der Waals surface area contributed by atoms with E-state index in [-0.39, 0.29) is 18.0 Å². The van der Waals surface area contributed by atoms with Crippen LogP contribution in [0.2, 0.25) is 0 Å². The molecule has 0 aromatic rings. The highest BCUT2D eigenvalue weighted by Crippen LogP contribution is 2.04. The van der Waals surface area contributed by atoms with Gasteiger partial charge in [0.25, 0.3) is 0 Å². The van der Waals surface area contributed by atoms with E-state index < -0.39 is 0 Å². The Hall–Kier alpha value is -0.610. The highest BCUT2D eigenvalue weighted by Gasteiger charge is 2.25. The first-order valence-electron chi connectivity index (χ1n) is 5.26. The van der Waals surface area contributed by atoms with E-state index in [1.807, 2.05) is 6.92 Å². The minimum absolute atomic E-state index is 0.109. The molecule has 1 amide bonds. The van der Waals surface area contributed by atoms with Crippen molar-refractivity contribution in [1.82, 2.24) is 10.2 Å². The van der Waals surface area contributed by atoms with E-state index in [1.165, 1.54) is 0 Å². The molecule has 0 radical (unpaired) electrons. The molecule has 1 fully saturated rings. The van der Waals surface area contributed by atoms with Gasteiger partial charge in [-0.05, 0) is 12.8 Å². The first-order chi connectivity index (χ1) is 6.49. The summed E-state index contributed by atoms with van der Waals surface area (Å²) in [7, 11) is 0. The van der Waals surface area contributed by atoms with Crippen molar-refractivity contribution in [2.24, 2.45) is 11.7 Å². The smallest absolute Gasteiger partial charge is 0.234 e. The summed E-state index contributed by atoms with van der Waals surface area (Å²) >= 11 is 0. The molecule has 1 unspecified atom stereocenters. The quantitative estimate of drug-likeness (QED) is 0.658. The monoisotopic (exact) mass is 199 g/mol. The summed E-state index contributed by atoms with van der Waals surface area (Å²) in [6, 6.07) is 0.516. The Bertz CT molecular complexity index is 200. The van der Waals surface area contributed by atoms with Crippen LogP contribution in [0.15, 0.2) is 0 Å². The van der Waals surface area contributed by atoms with Crippen LogP contribution >= 0.6 is 0 Å². The third-order valence-electron chi connectivity index (χ3n) is 2.74.